The molecule has 4 rings (SSSR count). The third kappa shape index (κ3) is 5.28. The largest absolute Gasteiger partial charge is 0.508 e. The van der Waals surface area contributed by atoms with Crippen LogP contribution < -0.4 is 15.5 Å². The number of nitrogens with zero attached hydrogens (tertiary/aromatic N) is 2. The Morgan fingerprint density at radius 1 is 1.03 bits per heavy atom. The van der Waals surface area contributed by atoms with Gasteiger partial charge in [-0.2, -0.15) is 0 Å². The lowest BCUT2D eigenvalue weighted by molar-refractivity contribution is 0.324. The van der Waals surface area contributed by atoms with Gasteiger partial charge < -0.3 is 20.6 Å². The average molecular weight is 419 g/mol. The number of hydrogen-bond acceptors (Lipinski definition) is 5. The molecule has 3 N–H and O–H groups in total. The molecule has 2 aromatic carbocycles. The number of rotatable bonds is 7. The number of anilines is 2. The number of fused-ring (bicyclic) bond motifs is 1. The Labute approximate surface area is 185 Å². The van der Waals surface area contributed by atoms with E-state index < -0.39 is 0 Å². The van der Waals surface area contributed by atoms with E-state index in [9.17, 15) is 5.11 Å². The lowest BCUT2D eigenvalue weighted by Gasteiger charge is -2.30. The Morgan fingerprint density at radius 3 is 2.55 bits per heavy atom. The van der Waals surface area contributed by atoms with Crippen LogP contribution in [0.2, 0.25) is 0 Å². The van der Waals surface area contributed by atoms with Crippen molar-refractivity contribution in [2.75, 3.05) is 30.9 Å². The molecule has 0 unspecified atom stereocenters. The lowest BCUT2D eigenvalue weighted by atomic mass is 9.86. The van der Waals surface area contributed by atoms with Gasteiger partial charge in [0, 0.05) is 43.8 Å². The molecule has 0 bridgehead atoms. The number of aromatic nitrogens is 1. The summed E-state index contributed by atoms with van der Waals surface area (Å²) in [4.78, 5) is 7.02. The lowest BCUT2D eigenvalue weighted by Crippen LogP contribution is -2.31. The molecule has 1 aliphatic rings. The Morgan fingerprint density at radius 2 is 1.81 bits per heavy atom. The Kier molecular flexibility index (Phi) is 6.62. The predicted octanol–water partition coefficient (Wildman–Crippen LogP) is 5.08. The summed E-state index contributed by atoms with van der Waals surface area (Å²) in [6.07, 6.45) is 4.81. The summed E-state index contributed by atoms with van der Waals surface area (Å²) in [5.74, 6) is 2.07. The van der Waals surface area contributed by atoms with Crippen LogP contribution in [0.3, 0.4) is 0 Å². The maximum atomic E-state index is 9.66. The summed E-state index contributed by atoms with van der Waals surface area (Å²) >= 11 is 0. The van der Waals surface area contributed by atoms with Gasteiger partial charge >= 0.3 is 0 Å². The highest BCUT2D eigenvalue weighted by Crippen LogP contribution is 2.30. The van der Waals surface area contributed by atoms with Crippen LogP contribution in [0.1, 0.15) is 36.8 Å². The van der Waals surface area contributed by atoms with Crippen molar-refractivity contribution in [1.82, 2.24) is 10.3 Å². The zero-order chi connectivity index (χ0) is 21.8. The van der Waals surface area contributed by atoms with Gasteiger partial charge in [0.15, 0.2) is 0 Å². The second-order valence-electron chi connectivity index (χ2n) is 9.05. The Bertz CT molecular complexity index is 1030. The predicted molar refractivity (Wildman–Crippen MR) is 130 cm³/mol. The van der Waals surface area contributed by atoms with Crippen LogP contribution >= 0.6 is 0 Å². The molecular weight excluding hydrogens is 384 g/mol. The fourth-order valence-electron chi connectivity index (χ4n) is 4.57. The van der Waals surface area contributed by atoms with Crippen molar-refractivity contribution in [1.29, 1.82) is 0 Å². The van der Waals surface area contributed by atoms with Crippen molar-refractivity contribution in [2.45, 2.75) is 45.2 Å². The summed E-state index contributed by atoms with van der Waals surface area (Å²) < 4.78 is 0. The highest BCUT2D eigenvalue weighted by Gasteiger charge is 2.21. The molecule has 0 amide bonds. The summed E-state index contributed by atoms with van der Waals surface area (Å²) in [6, 6.07) is 16.8. The molecule has 31 heavy (non-hydrogen) atoms. The second-order valence-corrected chi connectivity index (χ2v) is 9.05. The van der Waals surface area contributed by atoms with E-state index in [1.807, 2.05) is 13.0 Å². The van der Waals surface area contributed by atoms with E-state index in [1.54, 1.807) is 6.07 Å². The van der Waals surface area contributed by atoms with Crippen LogP contribution in [0.15, 0.2) is 48.5 Å². The van der Waals surface area contributed by atoms with E-state index in [0.29, 0.717) is 11.8 Å². The molecule has 3 aromatic rings. The minimum atomic E-state index is 0.369. The van der Waals surface area contributed by atoms with Gasteiger partial charge in [0.1, 0.15) is 11.6 Å². The molecule has 0 radical (unpaired) electrons. The maximum Gasteiger partial charge on any atom is 0.128 e. The van der Waals surface area contributed by atoms with Gasteiger partial charge in [0.2, 0.25) is 0 Å². The SMILES string of the molecule is Cc1cc(CNC[C@H]2CC[C@@H](Nc3cc(N(C)C)c4ccccc4n3)CC2)ccc1O. The molecule has 5 nitrogen and oxygen atoms in total. The van der Waals surface area contributed by atoms with E-state index in [0.717, 1.165) is 35.9 Å². The number of hydrogen-bond donors (Lipinski definition) is 3. The number of para-hydroxylation sites is 1. The summed E-state index contributed by atoms with van der Waals surface area (Å²) in [5, 5.41) is 18.2. The van der Waals surface area contributed by atoms with Crippen molar-refractivity contribution >= 4 is 22.4 Å². The van der Waals surface area contributed by atoms with Gasteiger partial charge in [-0.1, -0.05) is 30.3 Å². The van der Waals surface area contributed by atoms with E-state index in [4.69, 9.17) is 4.98 Å². The normalized spacial score (nSPS) is 18.8. The van der Waals surface area contributed by atoms with Crippen LogP contribution in [0.5, 0.6) is 5.75 Å². The van der Waals surface area contributed by atoms with E-state index >= 15 is 0 Å². The van der Waals surface area contributed by atoms with E-state index in [-0.39, 0.29) is 0 Å². The Balaban J connectivity index is 1.29. The second kappa shape index (κ2) is 9.56. The van der Waals surface area contributed by atoms with Gasteiger partial charge in [-0.25, -0.2) is 4.98 Å². The number of phenolic OH excluding ortho intramolecular Hbond substituents is 1. The van der Waals surface area contributed by atoms with Crippen LogP contribution in [-0.2, 0) is 6.54 Å². The van der Waals surface area contributed by atoms with Crippen molar-refractivity contribution in [2.24, 2.45) is 5.92 Å². The molecule has 1 fully saturated rings. The smallest absolute Gasteiger partial charge is 0.128 e. The van der Waals surface area contributed by atoms with Crippen LogP contribution in [0.4, 0.5) is 11.5 Å². The highest BCUT2D eigenvalue weighted by molar-refractivity contribution is 5.93. The van der Waals surface area contributed by atoms with Crippen molar-refractivity contribution in [3.8, 4) is 5.75 Å². The minimum Gasteiger partial charge on any atom is -0.508 e. The number of aromatic hydroxyl groups is 1. The number of phenols is 1. The first-order valence-electron chi connectivity index (χ1n) is 11.3. The average Bonchev–Trinajstić information content (AvgIpc) is 2.77. The fourth-order valence-corrected chi connectivity index (χ4v) is 4.57. The van der Waals surface area contributed by atoms with Gasteiger partial charge in [0.05, 0.1) is 5.52 Å². The summed E-state index contributed by atoms with van der Waals surface area (Å²) in [6.45, 7) is 3.85. The first-order valence-corrected chi connectivity index (χ1v) is 11.3. The third-order valence-corrected chi connectivity index (χ3v) is 6.40. The quantitative estimate of drug-likeness (QED) is 0.500. The molecule has 164 valence electrons. The topological polar surface area (TPSA) is 60.4 Å². The van der Waals surface area contributed by atoms with Crippen molar-refractivity contribution in [3.63, 3.8) is 0 Å². The molecule has 0 atom stereocenters. The molecule has 0 aliphatic heterocycles. The molecule has 5 heteroatoms. The molecule has 0 spiro atoms. The fraction of sp³-hybridized carbons (Fsp3) is 0.423. The monoisotopic (exact) mass is 418 g/mol. The van der Waals surface area contributed by atoms with Gasteiger partial charge in [-0.05, 0) is 68.3 Å². The van der Waals surface area contributed by atoms with Gasteiger partial charge in [-0.3, -0.25) is 0 Å². The summed E-state index contributed by atoms with van der Waals surface area (Å²) in [7, 11) is 4.17. The zero-order valence-electron chi connectivity index (χ0n) is 18.9. The van der Waals surface area contributed by atoms with E-state index in [1.165, 1.54) is 42.3 Å². The zero-order valence-corrected chi connectivity index (χ0v) is 18.9. The Hall–Kier alpha value is -2.79. The highest BCUT2D eigenvalue weighted by atomic mass is 16.3. The minimum absolute atomic E-state index is 0.369. The first kappa shape index (κ1) is 21.4. The van der Waals surface area contributed by atoms with Crippen LogP contribution in [0.25, 0.3) is 10.9 Å². The van der Waals surface area contributed by atoms with Crippen LogP contribution in [-0.4, -0.2) is 36.8 Å². The number of nitrogens with one attached hydrogen (secondary N) is 2. The molecule has 1 aromatic heterocycles. The standard InChI is InChI=1S/C26H34N4O/c1-18-14-20(10-13-25(18)31)17-27-16-19-8-11-21(12-9-19)28-26-15-24(30(2)3)22-6-4-5-7-23(22)29-26/h4-7,10,13-15,19,21,27,31H,8-9,11-12,16-17H2,1-3H3,(H,28,29)/t19-,21+. The maximum absolute atomic E-state index is 9.66. The molecule has 1 saturated carbocycles. The number of aryl methyl sites for hydroxylation is 1. The van der Waals surface area contributed by atoms with E-state index in [2.05, 4.69) is 66.0 Å². The molecule has 1 heterocycles. The van der Waals surface area contributed by atoms with Crippen molar-refractivity contribution < 1.29 is 5.11 Å². The summed E-state index contributed by atoms with van der Waals surface area (Å²) in [5.41, 5.74) is 4.41. The van der Waals surface area contributed by atoms with Crippen LogP contribution in [0, 0.1) is 12.8 Å². The first-order chi connectivity index (χ1) is 15.0. The number of benzene rings is 2. The number of pyridine rings is 1. The third-order valence-electron chi connectivity index (χ3n) is 6.40. The molecular formula is C26H34N4O. The van der Waals surface area contributed by atoms with Gasteiger partial charge in [0.25, 0.3) is 0 Å². The van der Waals surface area contributed by atoms with Gasteiger partial charge in [-0.15, -0.1) is 0 Å². The molecule has 1 aliphatic carbocycles. The molecule has 0 saturated heterocycles. The van der Waals surface area contributed by atoms with Crippen molar-refractivity contribution in [3.05, 3.63) is 59.7 Å².